The maximum Gasteiger partial charge on any atom is 0.346 e. The summed E-state index contributed by atoms with van der Waals surface area (Å²) in [5, 5.41) is 10.8. The van der Waals surface area contributed by atoms with Crippen LogP contribution in [0.25, 0.3) is 0 Å². The largest absolute Gasteiger partial charge is 0.477 e. The van der Waals surface area contributed by atoms with Crippen LogP contribution in [0.4, 0.5) is 0 Å². The summed E-state index contributed by atoms with van der Waals surface area (Å²) in [5.41, 5.74) is 0.687. The van der Waals surface area contributed by atoms with Crippen molar-refractivity contribution < 1.29 is 18.8 Å². The normalized spacial score (nSPS) is 19.1. The highest BCUT2D eigenvalue weighted by Gasteiger charge is 2.22. The first-order chi connectivity index (χ1) is 8.18. The summed E-state index contributed by atoms with van der Waals surface area (Å²) >= 11 is 1.19. The lowest BCUT2D eigenvalue weighted by Crippen LogP contribution is -2.25. The van der Waals surface area contributed by atoms with Gasteiger partial charge in [-0.3, -0.25) is 4.21 Å². The van der Waals surface area contributed by atoms with Crippen molar-refractivity contribution in [3.8, 4) is 0 Å². The summed E-state index contributed by atoms with van der Waals surface area (Å²) in [6.45, 7) is 1.32. The number of ether oxygens (including phenoxy) is 1. The van der Waals surface area contributed by atoms with Crippen LogP contribution in [0.3, 0.4) is 0 Å². The molecule has 2 heterocycles. The Morgan fingerprint density at radius 1 is 1.53 bits per heavy atom. The van der Waals surface area contributed by atoms with Gasteiger partial charge in [0.15, 0.2) is 0 Å². The lowest BCUT2D eigenvalue weighted by Gasteiger charge is -2.21. The Kier molecular flexibility index (Phi) is 4.31. The molecule has 1 aromatic heterocycles. The van der Waals surface area contributed by atoms with Crippen LogP contribution in [0, 0.1) is 0 Å². The van der Waals surface area contributed by atoms with Gasteiger partial charge in [-0.15, -0.1) is 11.3 Å². The lowest BCUT2D eigenvalue weighted by molar-refractivity contribution is 0.0701. The van der Waals surface area contributed by atoms with E-state index in [1.807, 2.05) is 0 Å². The average molecular weight is 274 g/mol. The van der Waals surface area contributed by atoms with Gasteiger partial charge in [0.25, 0.3) is 0 Å². The molecular weight excluding hydrogens is 260 g/mol. The maximum atomic E-state index is 12.1. The van der Waals surface area contributed by atoms with E-state index in [1.165, 1.54) is 11.3 Å². The van der Waals surface area contributed by atoms with Gasteiger partial charge in [0.1, 0.15) is 4.88 Å². The number of carboxylic acid groups (broad SMARTS) is 1. The third kappa shape index (κ3) is 3.14. The lowest BCUT2D eigenvalue weighted by atomic mass is 10.2. The molecular formula is C11H14O4S2. The van der Waals surface area contributed by atoms with E-state index in [9.17, 15) is 9.00 Å². The summed E-state index contributed by atoms with van der Waals surface area (Å²) in [4.78, 5) is 11.2. The van der Waals surface area contributed by atoms with Crippen molar-refractivity contribution in [1.29, 1.82) is 0 Å². The highest BCUT2D eigenvalue weighted by molar-refractivity contribution is 7.84. The van der Waals surface area contributed by atoms with E-state index < -0.39 is 16.8 Å². The van der Waals surface area contributed by atoms with E-state index in [2.05, 4.69) is 0 Å². The fraction of sp³-hybridized carbons (Fsp3) is 0.545. The minimum atomic E-state index is -0.999. The molecule has 0 spiro atoms. The molecule has 0 radical (unpaired) electrons. The fourth-order valence-corrected chi connectivity index (χ4v) is 4.20. The van der Waals surface area contributed by atoms with E-state index in [-0.39, 0.29) is 5.25 Å². The van der Waals surface area contributed by atoms with E-state index in [1.54, 1.807) is 11.4 Å². The predicted octanol–water partition coefficient (Wildman–Crippen LogP) is 1.87. The molecule has 0 saturated carbocycles. The van der Waals surface area contributed by atoms with Gasteiger partial charge < -0.3 is 9.84 Å². The molecule has 1 atom stereocenters. The number of aromatic carboxylic acids is 1. The van der Waals surface area contributed by atoms with Gasteiger partial charge in [0.2, 0.25) is 0 Å². The zero-order valence-corrected chi connectivity index (χ0v) is 10.9. The second-order valence-electron chi connectivity index (χ2n) is 3.92. The van der Waals surface area contributed by atoms with Crippen molar-refractivity contribution in [2.45, 2.75) is 23.8 Å². The molecule has 1 aliphatic rings. The molecule has 6 heteroatoms. The molecule has 1 N–H and O–H groups in total. The molecule has 1 aromatic rings. The van der Waals surface area contributed by atoms with Crippen molar-refractivity contribution in [2.75, 3.05) is 13.2 Å². The fourth-order valence-electron chi connectivity index (χ4n) is 1.85. The summed E-state index contributed by atoms with van der Waals surface area (Å²) in [5.74, 6) is -0.588. The Morgan fingerprint density at radius 2 is 2.24 bits per heavy atom. The van der Waals surface area contributed by atoms with Crippen molar-refractivity contribution in [3.63, 3.8) is 0 Å². The molecule has 1 aliphatic heterocycles. The Bertz CT molecular complexity index is 421. The maximum absolute atomic E-state index is 12.1. The molecule has 0 bridgehead atoms. The smallest absolute Gasteiger partial charge is 0.346 e. The number of thiophene rings is 1. The molecule has 17 heavy (non-hydrogen) atoms. The first-order valence-electron chi connectivity index (χ1n) is 5.43. The SMILES string of the molecule is O=C(O)c1sccc1CS(=O)C1CCOCC1. The van der Waals surface area contributed by atoms with E-state index in [0.29, 0.717) is 29.4 Å². The zero-order valence-electron chi connectivity index (χ0n) is 9.26. The second-order valence-corrected chi connectivity index (χ2v) is 6.55. The van der Waals surface area contributed by atoms with E-state index in [4.69, 9.17) is 9.84 Å². The molecule has 94 valence electrons. The number of hydrogen-bond donors (Lipinski definition) is 1. The van der Waals surface area contributed by atoms with Gasteiger partial charge in [-0.25, -0.2) is 4.79 Å². The van der Waals surface area contributed by atoms with Crippen LogP contribution in [-0.2, 0) is 21.3 Å². The quantitative estimate of drug-likeness (QED) is 0.910. The average Bonchev–Trinajstić information content (AvgIpc) is 2.78. The highest BCUT2D eigenvalue weighted by Crippen LogP contribution is 2.22. The number of carbonyl (C=O) groups is 1. The monoisotopic (exact) mass is 274 g/mol. The zero-order chi connectivity index (χ0) is 12.3. The molecule has 1 saturated heterocycles. The van der Waals surface area contributed by atoms with Gasteiger partial charge in [0, 0.05) is 29.3 Å². The predicted molar refractivity (Wildman–Crippen MR) is 67.0 cm³/mol. The van der Waals surface area contributed by atoms with Gasteiger partial charge in [0.05, 0.1) is 5.75 Å². The first kappa shape index (κ1) is 12.7. The van der Waals surface area contributed by atoms with Crippen molar-refractivity contribution in [2.24, 2.45) is 0 Å². The van der Waals surface area contributed by atoms with Crippen molar-refractivity contribution in [3.05, 3.63) is 21.9 Å². The third-order valence-electron chi connectivity index (χ3n) is 2.78. The number of carboxylic acids is 1. The second kappa shape index (κ2) is 5.75. The molecule has 0 aromatic carbocycles. The van der Waals surface area contributed by atoms with Crippen LogP contribution in [0.2, 0.25) is 0 Å². The van der Waals surface area contributed by atoms with E-state index in [0.717, 1.165) is 12.8 Å². The Labute approximate surface area is 106 Å². The van der Waals surface area contributed by atoms with Crippen LogP contribution >= 0.6 is 11.3 Å². The standard InChI is InChI=1S/C11H14O4S2/c12-11(13)10-8(3-6-16-10)7-17(14)9-1-4-15-5-2-9/h3,6,9H,1-2,4-5,7H2,(H,12,13). The van der Waals surface area contributed by atoms with Crippen molar-refractivity contribution in [1.82, 2.24) is 0 Å². The Balaban J connectivity index is 2.02. The molecule has 0 aliphatic carbocycles. The highest BCUT2D eigenvalue weighted by atomic mass is 32.2. The molecule has 1 fully saturated rings. The minimum Gasteiger partial charge on any atom is -0.477 e. The summed E-state index contributed by atoms with van der Waals surface area (Å²) in [6.07, 6.45) is 1.61. The minimum absolute atomic E-state index is 0.144. The van der Waals surface area contributed by atoms with Crippen LogP contribution in [-0.4, -0.2) is 33.7 Å². The van der Waals surface area contributed by atoms with Gasteiger partial charge >= 0.3 is 5.97 Å². The van der Waals surface area contributed by atoms with Crippen LogP contribution < -0.4 is 0 Å². The topological polar surface area (TPSA) is 63.6 Å². The number of rotatable bonds is 4. The van der Waals surface area contributed by atoms with Gasteiger partial charge in [-0.2, -0.15) is 0 Å². The van der Waals surface area contributed by atoms with Crippen LogP contribution in [0.5, 0.6) is 0 Å². The molecule has 4 nitrogen and oxygen atoms in total. The Hall–Kier alpha value is -0.720. The molecule has 1 unspecified atom stereocenters. The summed E-state index contributed by atoms with van der Waals surface area (Å²) < 4.78 is 17.3. The van der Waals surface area contributed by atoms with Crippen LogP contribution in [0.15, 0.2) is 11.4 Å². The van der Waals surface area contributed by atoms with E-state index >= 15 is 0 Å². The molecule has 2 rings (SSSR count). The third-order valence-corrected chi connectivity index (χ3v) is 5.53. The Morgan fingerprint density at radius 3 is 2.88 bits per heavy atom. The van der Waals surface area contributed by atoms with Crippen LogP contribution in [0.1, 0.15) is 28.1 Å². The number of hydrogen-bond acceptors (Lipinski definition) is 4. The molecule has 0 amide bonds. The van der Waals surface area contributed by atoms with Gasteiger partial charge in [-0.1, -0.05) is 0 Å². The first-order valence-corrected chi connectivity index (χ1v) is 7.69. The van der Waals surface area contributed by atoms with Crippen molar-refractivity contribution >= 4 is 28.1 Å². The van der Waals surface area contributed by atoms with Gasteiger partial charge in [-0.05, 0) is 29.9 Å². The summed E-state index contributed by atoms with van der Waals surface area (Å²) in [6, 6.07) is 1.76. The summed E-state index contributed by atoms with van der Waals surface area (Å²) in [7, 11) is -0.999.